The van der Waals surface area contributed by atoms with Crippen LogP contribution in [-0.4, -0.2) is 26.5 Å². The number of benzene rings is 1. The Bertz CT molecular complexity index is 461. The van der Waals surface area contributed by atoms with Crippen molar-refractivity contribution in [3.63, 3.8) is 0 Å². The van der Waals surface area contributed by atoms with Crippen LogP contribution in [0.15, 0.2) is 35.3 Å². The maximum absolute atomic E-state index is 5.87. The van der Waals surface area contributed by atoms with Gasteiger partial charge in [0.15, 0.2) is 5.82 Å². The quantitative estimate of drug-likeness (QED) is 0.582. The molecule has 1 aromatic carbocycles. The molecule has 6 nitrogen and oxygen atoms in total. The van der Waals surface area contributed by atoms with E-state index >= 15 is 0 Å². The molecule has 0 aliphatic carbocycles. The molecule has 0 bridgehead atoms. The third-order valence-corrected chi connectivity index (χ3v) is 2.14. The molecule has 82 valence electrons. The summed E-state index contributed by atoms with van der Waals surface area (Å²) in [5.41, 5.74) is 6.75. The van der Waals surface area contributed by atoms with E-state index in [1.807, 2.05) is 37.3 Å². The summed E-state index contributed by atoms with van der Waals surface area (Å²) in [6, 6.07) is 9.36. The topological polar surface area (TPSA) is 92.8 Å². The van der Waals surface area contributed by atoms with Crippen LogP contribution in [-0.2, 0) is 0 Å². The van der Waals surface area contributed by atoms with Gasteiger partial charge in [-0.2, -0.15) is 5.21 Å². The number of H-pyrrole nitrogens is 1. The van der Waals surface area contributed by atoms with Crippen LogP contribution in [0.3, 0.4) is 0 Å². The van der Waals surface area contributed by atoms with Gasteiger partial charge in [-0.05, 0) is 6.92 Å². The van der Waals surface area contributed by atoms with Crippen molar-refractivity contribution in [1.29, 1.82) is 0 Å². The fraction of sp³-hybridized carbons (Fsp3) is 0.200. The van der Waals surface area contributed by atoms with Crippen LogP contribution in [0.4, 0.5) is 0 Å². The lowest BCUT2D eigenvalue weighted by molar-refractivity contribution is 0.744. The minimum Gasteiger partial charge on any atom is -0.383 e. The summed E-state index contributed by atoms with van der Waals surface area (Å²) in [4.78, 5) is 4.30. The summed E-state index contributed by atoms with van der Waals surface area (Å²) in [6.07, 6.45) is 0. The largest absolute Gasteiger partial charge is 0.383 e. The van der Waals surface area contributed by atoms with Gasteiger partial charge in [0.05, 0.1) is 0 Å². The summed E-state index contributed by atoms with van der Waals surface area (Å²) < 4.78 is 0. The minimum absolute atomic E-state index is 0.209. The number of amidine groups is 1. The highest BCUT2D eigenvalue weighted by molar-refractivity contribution is 5.97. The molecule has 0 fully saturated rings. The van der Waals surface area contributed by atoms with Crippen molar-refractivity contribution in [2.24, 2.45) is 10.7 Å². The van der Waals surface area contributed by atoms with Crippen LogP contribution in [0.1, 0.15) is 24.4 Å². The van der Waals surface area contributed by atoms with E-state index < -0.39 is 0 Å². The van der Waals surface area contributed by atoms with Crippen LogP contribution in [0, 0.1) is 0 Å². The smallest absolute Gasteiger partial charge is 0.198 e. The molecule has 0 spiro atoms. The van der Waals surface area contributed by atoms with Gasteiger partial charge < -0.3 is 5.73 Å². The van der Waals surface area contributed by atoms with Crippen molar-refractivity contribution in [1.82, 2.24) is 20.6 Å². The molecular weight excluding hydrogens is 204 g/mol. The number of nitrogens with zero attached hydrogens (tertiary/aromatic N) is 4. The highest BCUT2D eigenvalue weighted by atomic mass is 15.5. The van der Waals surface area contributed by atoms with Gasteiger partial charge in [0, 0.05) is 5.56 Å². The standard InChI is InChI=1S/C10H12N6/c1-7(10-13-15-16-14-10)12-9(11)8-5-3-2-4-6-8/h2-7H,1H3,(H2,11,12)(H,13,14,15,16). The summed E-state index contributed by atoms with van der Waals surface area (Å²) in [5.74, 6) is 0.997. The van der Waals surface area contributed by atoms with Gasteiger partial charge in [-0.25, -0.2) is 0 Å². The van der Waals surface area contributed by atoms with Crippen molar-refractivity contribution in [3.05, 3.63) is 41.7 Å². The van der Waals surface area contributed by atoms with Gasteiger partial charge >= 0.3 is 0 Å². The fourth-order valence-corrected chi connectivity index (χ4v) is 1.30. The zero-order valence-corrected chi connectivity index (χ0v) is 8.83. The average molecular weight is 216 g/mol. The van der Waals surface area contributed by atoms with Gasteiger partial charge in [-0.3, -0.25) is 4.99 Å². The van der Waals surface area contributed by atoms with Gasteiger partial charge in [0.25, 0.3) is 0 Å². The molecule has 16 heavy (non-hydrogen) atoms. The van der Waals surface area contributed by atoms with Crippen LogP contribution in [0.2, 0.25) is 0 Å². The third-order valence-electron chi connectivity index (χ3n) is 2.14. The number of aliphatic imine (C=N–C) groups is 1. The molecule has 1 atom stereocenters. The first-order chi connectivity index (χ1) is 7.77. The van der Waals surface area contributed by atoms with Crippen molar-refractivity contribution in [2.45, 2.75) is 13.0 Å². The monoisotopic (exact) mass is 216 g/mol. The van der Waals surface area contributed by atoms with Crippen molar-refractivity contribution in [3.8, 4) is 0 Å². The lowest BCUT2D eigenvalue weighted by atomic mass is 10.2. The molecule has 0 amide bonds. The normalized spacial score (nSPS) is 13.7. The Morgan fingerprint density at radius 2 is 2.12 bits per heavy atom. The molecule has 1 aromatic heterocycles. The Morgan fingerprint density at radius 1 is 1.38 bits per heavy atom. The van der Waals surface area contributed by atoms with E-state index in [1.54, 1.807) is 0 Å². The van der Waals surface area contributed by atoms with E-state index in [0.29, 0.717) is 11.7 Å². The van der Waals surface area contributed by atoms with Crippen LogP contribution < -0.4 is 5.73 Å². The number of nitrogens with two attached hydrogens (primary N) is 1. The number of aromatic amines is 1. The maximum atomic E-state index is 5.87. The van der Waals surface area contributed by atoms with Crippen LogP contribution >= 0.6 is 0 Å². The molecule has 0 radical (unpaired) electrons. The van der Waals surface area contributed by atoms with Gasteiger partial charge in [-0.15, -0.1) is 10.2 Å². The summed E-state index contributed by atoms with van der Waals surface area (Å²) in [5, 5.41) is 13.6. The second-order valence-corrected chi connectivity index (χ2v) is 3.33. The van der Waals surface area contributed by atoms with Gasteiger partial charge in [-0.1, -0.05) is 35.5 Å². The van der Waals surface area contributed by atoms with E-state index in [-0.39, 0.29) is 6.04 Å². The van der Waals surface area contributed by atoms with E-state index in [9.17, 15) is 0 Å². The Hall–Kier alpha value is -2.24. The number of hydrogen-bond donors (Lipinski definition) is 2. The van der Waals surface area contributed by atoms with Gasteiger partial charge in [0.1, 0.15) is 11.9 Å². The molecule has 2 aromatic rings. The Balaban J connectivity index is 2.19. The molecule has 1 unspecified atom stereocenters. The highest BCUT2D eigenvalue weighted by Gasteiger charge is 2.09. The van der Waals surface area contributed by atoms with Crippen molar-refractivity contribution in [2.75, 3.05) is 0 Å². The minimum atomic E-state index is -0.209. The van der Waals surface area contributed by atoms with Crippen molar-refractivity contribution >= 4 is 5.84 Å². The van der Waals surface area contributed by atoms with E-state index in [0.717, 1.165) is 5.56 Å². The molecule has 1 heterocycles. The predicted molar refractivity (Wildman–Crippen MR) is 59.8 cm³/mol. The maximum Gasteiger partial charge on any atom is 0.198 e. The molecule has 0 saturated heterocycles. The van der Waals surface area contributed by atoms with E-state index in [2.05, 4.69) is 25.6 Å². The predicted octanol–water partition coefficient (Wildman–Crippen LogP) is 0.666. The molecule has 3 N–H and O–H groups in total. The molecule has 6 heteroatoms. The molecule has 0 saturated carbocycles. The van der Waals surface area contributed by atoms with E-state index in [4.69, 9.17) is 5.73 Å². The second kappa shape index (κ2) is 4.52. The third kappa shape index (κ3) is 2.22. The second-order valence-electron chi connectivity index (χ2n) is 3.33. The molecule has 0 aliphatic rings. The number of rotatable bonds is 3. The van der Waals surface area contributed by atoms with Crippen LogP contribution in [0.5, 0.6) is 0 Å². The highest BCUT2D eigenvalue weighted by Crippen LogP contribution is 2.10. The first-order valence-corrected chi connectivity index (χ1v) is 4.89. The Kier molecular flexibility index (Phi) is 2.90. The average Bonchev–Trinajstić information content (AvgIpc) is 2.83. The number of hydrogen-bond acceptors (Lipinski definition) is 4. The number of nitrogens with one attached hydrogen (secondary N) is 1. The van der Waals surface area contributed by atoms with E-state index in [1.165, 1.54) is 0 Å². The van der Waals surface area contributed by atoms with Crippen LogP contribution in [0.25, 0.3) is 0 Å². The Labute approximate surface area is 92.6 Å². The zero-order chi connectivity index (χ0) is 11.4. The fourth-order valence-electron chi connectivity index (χ4n) is 1.30. The lowest BCUT2D eigenvalue weighted by Gasteiger charge is -2.04. The van der Waals surface area contributed by atoms with Crippen molar-refractivity contribution < 1.29 is 0 Å². The summed E-state index contributed by atoms with van der Waals surface area (Å²) in [7, 11) is 0. The number of tetrazole rings is 1. The first kappa shape index (κ1) is 10.3. The SMILES string of the molecule is CC(N=C(N)c1ccccc1)c1nn[nH]n1. The van der Waals surface area contributed by atoms with Gasteiger partial charge in [0.2, 0.25) is 0 Å². The molecular formula is C10H12N6. The first-order valence-electron chi connectivity index (χ1n) is 4.89. The zero-order valence-electron chi connectivity index (χ0n) is 8.83. The summed E-state index contributed by atoms with van der Waals surface area (Å²) in [6.45, 7) is 1.86. The molecule has 2 rings (SSSR count). The Morgan fingerprint density at radius 3 is 2.75 bits per heavy atom. The molecule has 0 aliphatic heterocycles. The number of aromatic nitrogens is 4. The lowest BCUT2D eigenvalue weighted by Crippen LogP contribution is -2.14. The summed E-state index contributed by atoms with van der Waals surface area (Å²) >= 11 is 0.